The number of nitrogen functional groups attached to an aromatic ring is 1. The van der Waals surface area contributed by atoms with Crippen molar-refractivity contribution in [1.82, 2.24) is 14.9 Å². The number of halogens is 1. The first-order chi connectivity index (χ1) is 8.24. The summed E-state index contributed by atoms with van der Waals surface area (Å²) >= 11 is 5.76. The average Bonchev–Trinajstić information content (AvgIpc) is 2.29. The molecule has 0 aromatic carbocycles. The first-order valence-corrected chi connectivity index (χ1v) is 6.27. The molecular formula is C11H17ClN4O. The molecule has 0 bridgehead atoms. The fourth-order valence-corrected chi connectivity index (χ4v) is 2.13. The maximum Gasteiger partial charge on any atom is 0.224 e. The number of anilines is 1. The number of hydrogen-bond donors (Lipinski definition) is 1. The average molecular weight is 257 g/mol. The van der Waals surface area contributed by atoms with Crippen LogP contribution in [0.3, 0.4) is 0 Å². The molecule has 0 amide bonds. The Kier molecular flexibility index (Phi) is 4.39. The van der Waals surface area contributed by atoms with E-state index < -0.39 is 0 Å². The fraction of sp³-hybridized carbons (Fsp3) is 0.636. The van der Waals surface area contributed by atoms with E-state index in [9.17, 15) is 0 Å². The molecule has 0 radical (unpaired) electrons. The van der Waals surface area contributed by atoms with Crippen LogP contribution in [-0.4, -0.2) is 41.1 Å². The zero-order valence-electron chi connectivity index (χ0n) is 9.73. The number of nitrogens with zero attached hydrogens (tertiary/aromatic N) is 3. The summed E-state index contributed by atoms with van der Waals surface area (Å²) in [6.45, 7) is 3.85. The molecule has 0 saturated carbocycles. The van der Waals surface area contributed by atoms with Gasteiger partial charge in [0.2, 0.25) is 11.8 Å². The highest BCUT2D eigenvalue weighted by Crippen LogP contribution is 2.14. The van der Waals surface area contributed by atoms with E-state index in [0.29, 0.717) is 17.6 Å². The molecular weight excluding hydrogens is 240 g/mol. The van der Waals surface area contributed by atoms with Gasteiger partial charge in [0.15, 0.2) is 0 Å². The van der Waals surface area contributed by atoms with Gasteiger partial charge in [-0.3, -0.25) is 4.90 Å². The summed E-state index contributed by atoms with van der Waals surface area (Å²) in [6.07, 6.45) is 3.91. The molecule has 1 saturated heterocycles. The van der Waals surface area contributed by atoms with Gasteiger partial charge in [-0.15, -0.1) is 0 Å². The van der Waals surface area contributed by atoms with Crippen molar-refractivity contribution in [2.75, 3.05) is 32.0 Å². The van der Waals surface area contributed by atoms with Crippen molar-refractivity contribution < 1.29 is 4.74 Å². The molecule has 0 unspecified atom stereocenters. The maximum atomic E-state index is 5.76. The lowest BCUT2D eigenvalue weighted by Gasteiger charge is -2.25. The molecule has 17 heavy (non-hydrogen) atoms. The lowest BCUT2D eigenvalue weighted by Crippen LogP contribution is -2.33. The predicted octanol–water partition coefficient (Wildman–Crippen LogP) is 1.58. The van der Waals surface area contributed by atoms with E-state index >= 15 is 0 Å². The molecule has 1 fully saturated rings. The van der Waals surface area contributed by atoms with Crippen LogP contribution in [0.15, 0.2) is 6.07 Å². The Bertz CT molecular complexity index is 348. The summed E-state index contributed by atoms with van der Waals surface area (Å²) in [7, 11) is 0. The third-order valence-corrected chi connectivity index (χ3v) is 2.99. The highest BCUT2D eigenvalue weighted by atomic mass is 35.5. The Hall–Kier alpha value is -1.07. The summed E-state index contributed by atoms with van der Waals surface area (Å²) in [5.74, 6) is 0.588. The van der Waals surface area contributed by atoms with Crippen molar-refractivity contribution in [2.24, 2.45) is 0 Å². The second kappa shape index (κ2) is 6.02. The largest absolute Gasteiger partial charge is 0.476 e. The quantitative estimate of drug-likeness (QED) is 0.829. The Labute approximate surface area is 106 Å². The molecule has 0 atom stereocenters. The predicted molar refractivity (Wildman–Crippen MR) is 67.2 cm³/mol. The minimum atomic E-state index is 0.144. The SMILES string of the molecule is Nc1nc(Cl)cc(OCCN2CCCCC2)n1. The summed E-state index contributed by atoms with van der Waals surface area (Å²) < 4.78 is 5.51. The number of piperidine rings is 1. The molecule has 1 aromatic rings. The van der Waals surface area contributed by atoms with E-state index in [1.807, 2.05) is 0 Å². The monoisotopic (exact) mass is 256 g/mol. The van der Waals surface area contributed by atoms with Gasteiger partial charge in [-0.05, 0) is 25.9 Å². The van der Waals surface area contributed by atoms with Crippen LogP contribution < -0.4 is 10.5 Å². The van der Waals surface area contributed by atoms with E-state index in [2.05, 4.69) is 14.9 Å². The first kappa shape index (κ1) is 12.4. The van der Waals surface area contributed by atoms with Crippen molar-refractivity contribution in [2.45, 2.75) is 19.3 Å². The van der Waals surface area contributed by atoms with Crippen LogP contribution in [0, 0.1) is 0 Å². The van der Waals surface area contributed by atoms with Crippen LogP contribution in [-0.2, 0) is 0 Å². The molecule has 94 valence electrons. The van der Waals surface area contributed by atoms with Crippen LogP contribution >= 0.6 is 11.6 Å². The number of hydrogen-bond acceptors (Lipinski definition) is 5. The molecule has 2 N–H and O–H groups in total. The number of nitrogens with two attached hydrogens (primary N) is 1. The fourth-order valence-electron chi connectivity index (χ4n) is 1.95. The molecule has 1 aliphatic heterocycles. The van der Waals surface area contributed by atoms with Crippen molar-refractivity contribution in [3.8, 4) is 5.88 Å². The standard InChI is InChI=1S/C11H17ClN4O/c12-9-8-10(15-11(13)14-9)17-7-6-16-4-2-1-3-5-16/h8H,1-7H2,(H2,13,14,15). The van der Waals surface area contributed by atoms with Crippen LogP contribution in [0.25, 0.3) is 0 Å². The first-order valence-electron chi connectivity index (χ1n) is 5.89. The Morgan fingerprint density at radius 3 is 2.76 bits per heavy atom. The van der Waals surface area contributed by atoms with E-state index in [4.69, 9.17) is 22.1 Å². The van der Waals surface area contributed by atoms with Gasteiger partial charge in [0.1, 0.15) is 11.8 Å². The Morgan fingerprint density at radius 2 is 2.06 bits per heavy atom. The zero-order chi connectivity index (χ0) is 12.1. The summed E-state index contributed by atoms with van der Waals surface area (Å²) in [6, 6.07) is 1.58. The van der Waals surface area contributed by atoms with Crippen molar-refractivity contribution in [1.29, 1.82) is 0 Å². The summed E-state index contributed by atoms with van der Waals surface area (Å²) in [4.78, 5) is 10.1. The molecule has 5 nitrogen and oxygen atoms in total. The Morgan fingerprint density at radius 1 is 1.29 bits per heavy atom. The van der Waals surface area contributed by atoms with E-state index in [1.54, 1.807) is 6.07 Å². The number of ether oxygens (including phenoxy) is 1. The van der Waals surface area contributed by atoms with Crippen LogP contribution in [0.1, 0.15) is 19.3 Å². The molecule has 2 heterocycles. The summed E-state index contributed by atoms with van der Waals surface area (Å²) in [5, 5.41) is 0.311. The van der Waals surface area contributed by atoms with Gasteiger partial charge < -0.3 is 10.5 Å². The van der Waals surface area contributed by atoms with E-state index in [1.165, 1.54) is 19.3 Å². The minimum Gasteiger partial charge on any atom is -0.476 e. The second-order valence-electron chi connectivity index (χ2n) is 4.14. The van der Waals surface area contributed by atoms with Gasteiger partial charge in [0.05, 0.1) is 0 Å². The minimum absolute atomic E-state index is 0.144. The third kappa shape index (κ3) is 4.02. The van der Waals surface area contributed by atoms with Gasteiger partial charge in [-0.1, -0.05) is 18.0 Å². The van der Waals surface area contributed by atoms with Crippen molar-refractivity contribution in [3.05, 3.63) is 11.2 Å². The smallest absolute Gasteiger partial charge is 0.224 e. The Balaban J connectivity index is 1.77. The van der Waals surface area contributed by atoms with Crippen molar-refractivity contribution >= 4 is 17.5 Å². The van der Waals surface area contributed by atoms with E-state index in [-0.39, 0.29) is 5.95 Å². The maximum absolute atomic E-state index is 5.76. The molecule has 0 spiro atoms. The topological polar surface area (TPSA) is 64.3 Å². The molecule has 1 aromatic heterocycles. The van der Waals surface area contributed by atoms with E-state index in [0.717, 1.165) is 19.6 Å². The van der Waals surface area contributed by atoms with Gasteiger partial charge >= 0.3 is 0 Å². The van der Waals surface area contributed by atoms with Crippen LogP contribution in [0.5, 0.6) is 5.88 Å². The highest BCUT2D eigenvalue weighted by Gasteiger charge is 2.10. The lowest BCUT2D eigenvalue weighted by molar-refractivity contribution is 0.180. The normalized spacial score (nSPS) is 17.0. The molecule has 2 rings (SSSR count). The summed E-state index contributed by atoms with van der Waals surface area (Å²) in [5.41, 5.74) is 5.48. The zero-order valence-corrected chi connectivity index (χ0v) is 10.5. The molecule has 1 aliphatic rings. The van der Waals surface area contributed by atoms with Crippen LogP contribution in [0.2, 0.25) is 5.15 Å². The van der Waals surface area contributed by atoms with Crippen LogP contribution in [0.4, 0.5) is 5.95 Å². The van der Waals surface area contributed by atoms with Gasteiger partial charge in [-0.2, -0.15) is 4.98 Å². The van der Waals surface area contributed by atoms with Gasteiger partial charge in [0.25, 0.3) is 0 Å². The van der Waals surface area contributed by atoms with Crippen molar-refractivity contribution in [3.63, 3.8) is 0 Å². The number of likely N-dealkylation sites (tertiary alicyclic amines) is 1. The third-order valence-electron chi connectivity index (χ3n) is 2.79. The second-order valence-corrected chi connectivity index (χ2v) is 4.53. The molecule has 0 aliphatic carbocycles. The lowest BCUT2D eigenvalue weighted by atomic mass is 10.1. The van der Waals surface area contributed by atoms with Gasteiger partial charge in [0, 0.05) is 12.6 Å². The number of aromatic nitrogens is 2. The number of rotatable bonds is 4. The highest BCUT2D eigenvalue weighted by molar-refractivity contribution is 6.29. The molecule has 6 heteroatoms. The van der Waals surface area contributed by atoms with Gasteiger partial charge in [-0.25, -0.2) is 4.98 Å².